The van der Waals surface area contributed by atoms with Crippen LogP contribution in [0.15, 0.2) is 0 Å². The molecule has 0 aromatic rings. The molecule has 0 amide bonds. The Morgan fingerprint density at radius 2 is 1.91 bits per heavy atom. The van der Waals surface area contributed by atoms with Crippen molar-refractivity contribution in [3.63, 3.8) is 0 Å². The summed E-state index contributed by atoms with van der Waals surface area (Å²) >= 11 is 0. The molecule has 2 fully saturated rings. The first-order chi connectivity index (χ1) is 5.33. The van der Waals surface area contributed by atoms with Gasteiger partial charge in [0.05, 0.1) is 6.54 Å². The van der Waals surface area contributed by atoms with Crippen LogP contribution in [-0.2, 0) is 4.79 Å². The van der Waals surface area contributed by atoms with Gasteiger partial charge in [-0.25, -0.2) is 0 Å². The minimum Gasteiger partial charge on any atom is -0.309 e. The molecule has 0 bridgehead atoms. The molecule has 2 rings (SSSR count). The van der Waals surface area contributed by atoms with Gasteiger partial charge in [-0.1, -0.05) is 19.3 Å². The van der Waals surface area contributed by atoms with Crippen molar-refractivity contribution in [3.8, 4) is 0 Å². The van der Waals surface area contributed by atoms with Crippen molar-refractivity contribution in [2.45, 2.75) is 32.1 Å². The van der Waals surface area contributed by atoms with E-state index < -0.39 is 0 Å². The molecule has 1 saturated carbocycles. The Labute approximate surface area is 67.4 Å². The van der Waals surface area contributed by atoms with Crippen molar-refractivity contribution < 1.29 is 4.79 Å². The third kappa shape index (κ3) is 1.09. The zero-order valence-electron chi connectivity index (χ0n) is 6.86. The normalized spacial score (nSPS) is 29.6. The largest absolute Gasteiger partial charge is 0.309 e. The van der Waals surface area contributed by atoms with Crippen LogP contribution in [0.1, 0.15) is 32.1 Å². The summed E-state index contributed by atoms with van der Waals surface area (Å²) < 4.78 is 0. The van der Waals surface area contributed by atoms with E-state index >= 15 is 0 Å². The molecule has 1 aliphatic heterocycles. The first-order valence-corrected chi connectivity index (χ1v) is 4.58. The zero-order chi connectivity index (χ0) is 7.73. The first kappa shape index (κ1) is 7.29. The second-order valence-electron chi connectivity index (χ2n) is 3.87. The number of ketones is 1. The third-order valence-electron chi connectivity index (χ3n) is 3.15. The molecule has 2 aliphatic rings. The fourth-order valence-electron chi connectivity index (χ4n) is 2.39. The summed E-state index contributed by atoms with van der Waals surface area (Å²) in [6, 6.07) is 0. The highest BCUT2D eigenvalue weighted by Crippen LogP contribution is 2.38. The van der Waals surface area contributed by atoms with E-state index in [0.717, 1.165) is 19.4 Å². The highest BCUT2D eigenvalue weighted by molar-refractivity contribution is 5.89. The number of Topliss-reactive ketones (excluding diaryl/α,β-unsaturated/α-hetero) is 1. The molecule has 0 aromatic carbocycles. The Bertz CT molecular complexity index is 170. The molecule has 2 heteroatoms. The molecule has 1 saturated heterocycles. The molecule has 0 radical (unpaired) electrons. The molecule has 11 heavy (non-hydrogen) atoms. The highest BCUT2D eigenvalue weighted by Gasteiger charge is 2.42. The molecule has 0 unspecified atom stereocenters. The number of hydrogen-bond acceptors (Lipinski definition) is 2. The van der Waals surface area contributed by atoms with Crippen LogP contribution in [-0.4, -0.2) is 18.9 Å². The summed E-state index contributed by atoms with van der Waals surface area (Å²) in [5.41, 5.74) is 0.0816. The lowest BCUT2D eigenvalue weighted by molar-refractivity contribution is -0.125. The van der Waals surface area contributed by atoms with E-state index in [9.17, 15) is 4.79 Å². The van der Waals surface area contributed by atoms with Crippen molar-refractivity contribution in [1.29, 1.82) is 0 Å². The van der Waals surface area contributed by atoms with Gasteiger partial charge in [-0.05, 0) is 12.8 Å². The summed E-state index contributed by atoms with van der Waals surface area (Å²) in [5.74, 6) is 0.470. The smallest absolute Gasteiger partial charge is 0.154 e. The van der Waals surface area contributed by atoms with Crippen LogP contribution >= 0.6 is 0 Å². The monoisotopic (exact) mass is 153 g/mol. The molecular weight excluding hydrogens is 138 g/mol. The fourth-order valence-corrected chi connectivity index (χ4v) is 2.39. The van der Waals surface area contributed by atoms with E-state index in [1.165, 1.54) is 19.3 Å². The van der Waals surface area contributed by atoms with Gasteiger partial charge in [0.25, 0.3) is 0 Å². The van der Waals surface area contributed by atoms with Crippen molar-refractivity contribution in [2.24, 2.45) is 5.41 Å². The predicted molar refractivity (Wildman–Crippen MR) is 43.4 cm³/mol. The lowest BCUT2D eigenvalue weighted by Crippen LogP contribution is -2.32. The summed E-state index contributed by atoms with van der Waals surface area (Å²) in [5, 5.41) is 3.18. The van der Waals surface area contributed by atoms with Crippen molar-refractivity contribution in [3.05, 3.63) is 0 Å². The summed E-state index contributed by atoms with van der Waals surface area (Å²) in [6.45, 7) is 1.58. The van der Waals surface area contributed by atoms with E-state index in [2.05, 4.69) is 5.32 Å². The van der Waals surface area contributed by atoms with Crippen LogP contribution in [0.5, 0.6) is 0 Å². The Kier molecular flexibility index (Phi) is 1.72. The van der Waals surface area contributed by atoms with E-state index in [0.29, 0.717) is 12.3 Å². The summed E-state index contributed by atoms with van der Waals surface area (Å²) in [6.07, 6.45) is 6.12. The first-order valence-electron chi connectivity index (χ1n) is 4.58. The molecule has 2 nitrogen and oxygen atoms in total. The molecule has 1 heterocycles. The standard InChI is InChI=1S/C9H15NO/c11-8-6-10-7-9(8)4-2-1-3-5-9/h10H,1-7H2. The average Bonchev–Trinajstić information content (AvgIpc) is 2.36. The van der Waals surface area contributed by atoms with Crippen LogP contribution < -0.4 is 5.32 Å². The second-order valence-corrected chi connectivity index (χ2v) is 3.87. The van der Waals surface area contributed by atoms with Crippen LogP contribution in [0.2, 0.25) is 0 Å². The molecule has 0 atom stereocenters. The third-order valence-corrected chi connectivity index (χ3v) is 3.15. The summed E-state index contributed by atoms with van der Waals surface area (Å²) in [7, 11) is 0. The highest BCUT2D eigenvalue weighted by atomic mass is 16.1. The minimum atomic E-state index is 0.0816. The predicted octanol–water partition coefficient (Wildman–Crippen LogP) is 1.11. The maximum atomic E-state index is 11.5. The van der Waals surface area contributed by atoms with Crippen molar-refractivity contribution in [2.75, 3.05) is 13.1 Å². The van der Waals surface area contributed by atoms with E-state index in [-0.39, 0.29) is 5.41 Å². The van der Waals surface area contributed by atoms with E-state index in [1.807, 2.05) is 0 Å². The van der Waals surface area contributed by atoms with Gasteiger partial charge < -0.3 is 5.32 Å². The van der Waals surface area contributed by atoms with Gasteiger partial charge in [0.2, 0.25) is 0 Å². The van der Waals surface area contributed by atoms with Crippen molar-refractivity contribution >= 4 is 5.78 Å². The Hall–Kier alpha value is -0.370. The Morgan fingerprint density at radius 3 is 2.45 bits per heavy atom. The maximum absolute atomic E-state index is 11.5. The average molecular weight is 153 g/mol. The van der Waals surface area contributed by atoms with E-state index in [1.54, 1.807) is 0 Å². The van der Waals surface area contributed by atoms with E-state index in [4.69, 9.17) is 0 Å². The zero-order valence-corrected chi connectivity index (χ0v) is 6.86. The van der Waals surface area contributed by atoms with Gasteiger partial charge >= 0.3 is 0 Å². The lowest BCUT2D eigenvalue weighted by atomic mass is 9.73. The van der Waals surface area contributed by atoms with Gasteiger partial charge in [0.1, 0.15) is 0 Å². The van der Waals surface area contributed by atoms with Gasteiger partial charge in [-0.3, -0.25) is 4.79 Å². The van der Waals surface area contributed by atoms with Crippen LogP contribution in [0.4, 0.5) is 0 Å². The second kappa shape index (κ2) is 2.59. The van der Waals surface area contributed by atoms with Gasteiger partial charge in [0.15, 0.2) is 5.78 Å². The number of hydrogen-bond donors (Lipinski definition) is 1. The Balaban J connectivity index is 2.12. The SMILES string of the molecule is O=C1CNCC12CCCCC2. The molecule has 0 aromatic heterocycles. The topological polar surface area (TPSA) is 29.1 Å². The fraction of sp³-hybridized carbons (Fsp3) is 0.889. The Morgan fingerprint density at radius 1 is 1.18 bits per heavy atom. The number of rotatable bonds is 0. The van der Waals surface area contributed by atoms with Gasteiger partial charge in [-0.2, -0.15) is 0 Å². The number of carbonyl (C=O) groups excluding carboxylic acids is 1. The van der Waals surface area contributed by atoms with Gasteiger partial charge in [0, 0.05) is 12.0 Å². The van der Waals surface area contributed by atoms with Gasteiger partial charge in [-0.15, -0.1) is 0 Å². The molecule has 1 aliphatic carbocycles. The molecular formula is C9H15NO. The molecule has 1 N–H and O–H groups in total. The minimum absolute atomic E-state index is 0.0816. The van der Waals surface area contributed by atoms with Crippen LogP contribution in [0.3, 0.4) is 0 Å². The number of nitrogens with one attached hydrogen (secondary N) is 1. The van der Waals surface area contributed by atoms with Crippen LogP contribution in [0, 0.1) is 5.41 Å². The quantitative estimate of drug-likeness (QED) is 0.565. The number of carbonyl (C=O) groups is 1. The van der Waals surface area contributed by atoms with Crippen molar-refractivity contribution in [1.82, 2.24) is 5.32 Å². The lowest BCUT2D eigenvalue weighted by Gasteiger charge is -2.30. The summed E-state index contributed by atoms with van der Waals surface area (Å²) in [4.78, 5) is 11.5. The van der Waals surface area contributed by atoms with Crippen LogP contribution in [0.25, 0.3) is 0 Å². The maximum Gasteiger partial charge on any atom is 0.154 e. The molecule has 62 valence electrons. The molecule has 1 spiro atoms.